The Morgan fingerprint density at radius 3 is 2.39 bits per heavy atom. The summed E-state index contributed by atoms with van der Waals surface area (Å²) in [4.78, 5) is 21.8. The van der Waals surface area contributed by atoms with E-state index < -0.39 is 11.9 Å². The van der Waals surface area contributed by atoms with Gasteiger partial charge >= 0.3 is 11.9 Å². The molecule has 2 aliphatic rings. The van der Waals surface area contributed by atoms with E-state index in [0.29, 0.717) is 12.2 Å². The van der Waals surface area contributed by atoms with Gasteiger partial charge in [0.05, 0.1) is 0 Å². The summed E-state index contributed by atoms with van der Waals surface area (Å²) in [5, 5.41) is 19.1. The minimum absolute atomic E-state index is 0.558. The van der Waals surface area contributed by atoms with Crippen LogP contribution >= 0.6 is 0 Å². The van der Waals surface area contributed by atoms with Gasteiger partial charge in [0.1, 0.15) is 0 Å². The third-order valence-electron chi connectivity index (χ3n) is 4.08. The number of fused-ring (bicyclic) bond motifs is 2. The fourth-order valence-corrected chi connectivity index (χ4v) is 2.96. The van der Waals surface area contributed by atoms with Crippen molar-refractivity contribution in [3.05, 3.63) is 47.5 Å². The maximum Gasteiger partial charge on any atom is 0.328 e. The van der Waals surface area contributed by atoms with Crippen LogP contribution < -0.4 is 5.32 Å². The molecule has 0 amide bonds. The Labute approximate surface area is 135 Å². The van der Waals surface area contributed by atoms with E-state index in [1.165, 1.54) is 25.9 Å². The molecule has 2 aliphatic heterocycles. The highest BCUT2D eigenvalue weighted by Crippen LogP contribution is 2.20. The summed E-state index contributed by atoms with van der Waals surface area (Å²) in [6, 6.07) is 9.66. The van der Waals surface area contributed by atoms with Gasteiger partial charge in [0.15, 0.2) is 0 Å². The van der Waals surface area contributed by atoms with Crippen molar-refractivity contribution < 1.29 is 19.8 Å². The first kappa shape index (κ1) is 17.2. The van der Waals surface area contributed by atoms with Crippen molar-refractivity contribution in [1.29, 1.82) is 0 Å². The van der Waals surface area contributed by atoms with Crippen molar-refractivity contribution >= 4 is 11.9 Å². The molecule has 1 fully saturated rings. The Kier molecular flexibility index (Phi) is 6.31. The van der Waals surface area contributed by atoms with E-state index in [1.54, 1.807) is 11.1 Å². The minimum atomic E-state index is -1.26. The molecule has 1 saturated heterocycles. The van der Waals surface area contributed by atoms with E-state index in [4.69, 9.17) is 10.2 Å². The van der Waals surface area contributed by atoms with Gasteiger partial charge in [-0.05, 0) is 24.0 Å². The smallest absolute Gasteiger partial charge is 0.328 e. The molecule has 6 heteroatoms. The molecular formula is C17H22N2O4. The van der Waals surface area contributed by atoms with E-state index in [9.17, 15) is 9.59 Å². The summed E-state index contributed by atoms with van der Waals surface area (Å²) >= 11 is 0. The van der Waals surface area contributed by atoms with Gasteiger partial charge in [-0.3, -0.25) is 4.90 Å². The van der Waals surface area contributed by atoms with E-state index >= 15 is 0 Å². The van der Waals surface area contributed by atoms with Crippen LogP contribution in [0.1, 0.15) is 11.1 Å². The normalized spacial score (nSPS) is 20.6. The molecule has 3 rings (SSSR count). The molecule has 1 aromatic carbocycles. The second-order valence-electron chi connectivity index (χ2n) is 5.63. The number of rotatable bonds is 2. The first-order valence-electron chi connectivity index (χ1n) is 7.71. The molecule has 0 spiro atoms. The third kappa shape index (κ3) is 5.50. The van der Waals surface area contributed by atoms with Gasteiger partial charge in [0, 0.05) is 44.4 Å². The van der Waals surface area contributed by atoms with Crippen molar-refractivity contribution in [2.75, 3.05) is 26.2 Å². The fourth-order valence-electron chi connectivity index (χ4n) is 2.96. The van der Waals surface area contributed by atoms with Crippen LogP contribution in [-0.4, -0.2) is 59.3 Å². The summed E-state index contributed by atoms with van der Waals surface area (Å²) < 4.78 is 0. The Morgan fingerprint density at radius 2 is 1.74 bits per heavy atom. The molecule has 0 saturated carbocycles. The number of nitrogens with zero attached hydrogens (tertiary/aromatic N) is 1. The number of benzene rings is 1. The molecule has 3 N–H and O–H groups in total. The highest BCUT2D eigenvalue weighted by Gasteiger charge is 2.25. The number of nitrogens with one attached hydrogen (secondary N) is 1. The molecule has 124 valence electrons. The predicted octanol–water partition coefficient (Wildman–Crippen LogP) is 0.771. The van der Waals surface area contributed by atoms with Crippen LogP contribution in [0.4, 0.5) is 0 Å². The van der Waals surface area contributed by atoms with Gasteiger partial charge < -0.3 is 15.5 Å². The molecule has 6 nitrogen and oxygen atoms in total. The van der Waals surface area contributed by atoms with Crippen molar-refractivity contribution in [2.45, 2.75) is 18.9 Å². The molecule has 2 heterocycles. The molecule has 0 aliphatic carbocycles. The van der Waals surface area contributed by atoms with E-state index in [2.05, 4.69) is 34.5 Å². The zero-order valence-corrected chi connectivity index (χ0v) is 12.9. The Morgan fingerprint density at radius 1 is 1.09 bits per heavy atom. The van der Waals surface area contributed by atoms with Crippen molar-refractivity contribution in [2.24, 2.45) is 0 Å². The van der Waals surface area contributed by atoms with Crippen molar-refractivity contribution in [3.8, 4) is 0 Å². The van der Waals surface area contributed by atoms with Crippen molar-refractivity contribution in [1.82, 2.24) is 10.2 Å². The SMILES string of the molecule is O=C(O)/C=C/C(=O)O.c1ccc2c(c1)CCN1CCNCC1C2. The molecule has 0 radical (unpaired) electrons. The standard InChI is InChI=1S/C13H18N2.C4H4O4/c1-2-4-12-9-13-10-14-6-8-15(13)7-5-11(12)3-1;5-3(6)1-2-4(7)8/h1-4,13-14H,5-10H2;1-2H,(H,5,6)(H,7,8)/b;2-1+. The minimum Gasteiger partial charge on any atom is -0.478 e. The van der Waals surface area contributed by atoms with Gasteiger partial charge in [-0.1, -0.05) is 24.3 Å². The van der Waals surface area contributed by atoms with E-state index in [0.717, 1.165) is 19.1 Å². The van der Waals surface area contributed by atoms with Gasteiger partial charge in [0.25, 0.3) is 0 Å². The van der Waals surface area contributed by atoms with Crippen LogP contribution in [0.5, 0.6) is 0 Å². The molecule has 1 aromatic rings. The van der Waals surface area contributed by atoms with Crippen LogP contribution in [0.2, 0.25) is 0 Å². The van der Waals surface area contributed by atoms with Crippen LogP contribution in [0.3, 0.4) is 0 Å². The van der Waals surface area contributed by atoms with Crippen LogP contribution in [-0.2, 0) is 22.4 Å². The molecule has 1 atom stereocenters. The summed E-state index contributed by atoms with van der Waals surface area (Å²) in [5.41, 5.74) is 3.13. The maximum atomic E-state index is 9.55. The van der Waals surface area contributed by atoms with Crippen LogP contribution in [0.25, 0.3) is 0 Å². The lowest BCUT2D eigenvalue weighted by Gasteiger charge is -2.34. The maximum absolute atomic E-state index is 9.55. The second kappa shape index (κ2) is 8.45. The topological polar surface area (TPSA) is 89.9 Å². The zero-order valence-electron chi connectivity index (χ0n) is 12.9. The first-order chi connectivity index (χ1) is 11.1. The van der Waals surface area contributed by atoms with E-state index in [-0.39, 0.29) is 0 Å². The van der Waals surface area contributed by atoms with Gasteiger partial charge in [-0.15, -0.1) is 0 Å². The molecular weight excluding hydrogens is 296 g/mol. The molecule has 0 bridgehead atoms. The van der Waals surface area contributed by atoms with Crippen LogP contribution in [0.15, 0.2) is 36.4 Å². The van der Waals surface area contributed by atoms with Crippen molar-refractivity contribution in [3.63, 3.8) is 0 Å². The first-order valence-corrected chi connectivity index (χ1v) is 7.71. The summed E-state index contributed by atoms with van der Waals surface area (Å²) in [7, 11) is 0. The number of carbonyl (C=O) groups is 2. The molecule has 23 heavy (non-hydrogen) atoms. The predicted molar refractivity (Wildman–Crippen MR) is 86.5 cm³/mol. The number of hydrogen-bond donors (Lipinski definition) is 3. The van der Waals surface area contributed by atoms with Gasteiger partial charge in [-0.25, -0.2) is 9.59 Å². The lowest BCUT2D eigenvalue weighted by atomic mass is 10.00. The Hall–Kier alpha value is -2.18. The number of carboxylic acid groups (broad SMARTS) is 2. The number of piperazine rings is 1. The summed E-state index contributed by atoms with van der Waals surface area (Å²) in [6.07, 6.45) is 3.57. The Balaban J connectivity index is 0.000000207. The number of hydrogen-bond acceptors (Lipinski definition) is 4. The lowest BCUT2D eigenvalue weighted by molar-refractivity contribution is -0.134. The van der Waals surface area contributed by atoms with Crippen LogP contribution in [0, 0.1) is 0 Å². The third-order valence-corrected chi connectivity index (χ3v) is 4.08. The largest absolute Gasteiger partial charge is 0.478 e. The summed E-state index contributed by atoms with van der Waals surface area (Å²) in [6.45, 7) is 4.78. The van der Waals surface area contributed by atoms with E-state index in [1.807, 2.05) is 0 Å². The average molecular weight is 318 g/mol. The quantitative estimate of drug-likeness (QED) is 0.698. The lowest BCUT2D eigenvalue weighted by Crippen LogP contribution is -2.51. The Bertz CT molecular complexity index is 570. The highest BCUT2D eigenvalue weighted by atomic mass is 16.4. The van der Waals surface area contributed by atoms with Gasteiger partial charge in [-0.2, -0.15) is 0 Å². The monoisotopic (exact) mass is 318 g/mol. The highest BCUT2D eigenvalue weighted by molar-refractivity contribution is 5.89. The number of carboxylic acids is 2. The average Bonchev–Trinajstić information content (AvgIpc) is 2.72. The second-order valence-corrected chi connectivity index (χ2v) is 5.63. The number of aliphatic carboxylic acids is 2. The zero-order chi connectivity index (χ0) is 16.7. The summed E-state index contributed by atoms with van der Waals surface area (Å²) in [5.74, 6) is -2.51. The van der Waals surface area contributed by atoms with Gasteiger partial charge in [0.2, 0.25) is 0 Å². The fraction of sp³-hybridized carbons (Fsp3) is 0.412. The molecule has 0 aromatic heterocycles. The molecule has 1 unspecified atom stereocenters.